The summed E-state index contributed by atoms with van der Waals surface area (Å²) in [4.78, 5) is 0. The maximum atomic E-state index is 9.00. The van der Waals surface area contributed by atoms with Crippen LogP contribution in [0, 0.1) is 0 Å². The number of nitrogens with one attached hydrogen (secondary N) is 1. The number of nitrogens with two attached hydrogens (primary N) is 3. The van der Waals surface area contributed by atoms with Crippen molar-refractivity contribution in [1.29, 1.82) is 0 Å². The van der Waals surface area contributed by atoms with Gasteiger partial charge in [0.25, 0.3) is 0 Å². The van der Waals surface area contributed by atoms with Gasteiger partial charge in [0.2, 0.25) is 0 Å². The van der Waals surface area contributed by atoms with Crippen LogP contribution in [0.25, 0.3) is 0 Å². The third-order valence-electron chi connectivity index (χ3n) is 1.10. The van der Waals surface area contributed by atoms with Crippen molar-refractivity contribution >= 4 is 0 Å². The van der Waals surface area contributed by atoms with Crippen LogP contribution in [0.15, 0.2) is 0 Å². The van der Waals surface area contributed by atoms with Crippen LogP contribution in [0.2, 0.25) is 0 Å². The molecule has 0 bridgehead atoms. The molecule has 0 heterocycles. The van der Waals surface area contributed by atoms with E-state index in [4.69, 9.17) is 22.4 Å². The first-order valence-electron chi connectivity index (χ1n) is 2.75. The first kappa shape index (κ1) is 8.80. The lowest BCUT2D eigenvalue weighted by Gasteiger charge is -2.20. The largest absolute Gasteiger partial charge is 0.388 e. The average Bonchev–Trinajstić information content (AvgIpc) is 1.84. The Bertz CT molecular complexity index is 77.0. The van der Waals surface area contributed by atoms with E-state index in [-0.39, 0.29) is 6.04 Å². The highest BCUT2D eigenvalue weighted by Crippen LogP contribution is 1.89. The van der Waals surface area contributed by atoms with Crippen LogP contribution in [0.4, 0.5) is 0 Å². The maximum absolute atomic E-state index is 9.00. The van der Waals surface area contributed by atoms with E-state index in [9.17, 15) is 0 Å². The van der Waals surface area contributed by atoms with Gasteiger partial charge in [0, 0.05) is 6.04 Å². The molecule has 0 aliphatic rings. The molecule has 9 heavy (non-hydrogen) atoms. The van der Waals surface area contributed by atoms with Crippen molar-refractivity contribution in [3.05, 3.63) is 0 Å². The fourth-order valence-corrected chi connectivity index (χ4v) is 0.426. The van der Waals surface area contributed by atoms with E-state index in [2.05, 4.69) is 5.43 Å². The molecule has 0 aromatic rings. The molecule has 0 aliphatic heterocycles. The van der Waals surface area contributed by atoms with Gasteiger partial charge in [-0.15, -0.1) is 0 Å². The lowest BCUT2D eigenvalue weighted by atomic mass is 10.1. The molecule has 0 fully saturated rings. The van der Waals surface area contributed by atoms with Gasteiger partial charge in [-0.2, -0.15) is 0 Å². The quantitative estimate of drug-likeness (QED) is 0.166. The van der Waals surface area contributed by atoms with Crippen molar-refractivity contribution in [2.45, 2.75) is 25.2 Å². The Morgan fingerprint density at radius 1 is 1.44 bits per heavy atom. The van der Waals surface area contributed by atoms with Gasteiger partial charge in [-0.3, -0.25) is 5.84 Å². The van der Waals surface area contributed by atoms with Crippen LogP contribution in [-0.2, 0) is 0 Å². The second-order valence-electron chi connectivity index (χ2n) is 2.04. The van der Waals surface area contributed by atoms with Gasteiger partial charge >= 0.3 is 0 Å². The Morgan fingerprint density at radius 3 is 2.00 bits per heavy atom. The number of hydrogen-bond acceptors (Lipinski definition) is 5. The number of aliphatic hydroxyl groups is 1. The fraction of sp³-hybridized carbons (Fsp3) is 1.00. The number of rotatable bonds is 3. The fourth-order valence-electron chi connectivity index (χ4n) is 0.426. The molecule has 3 atom stereocenters. The summed E-state index contributed by atoms with van der Waals surface area (Å²) in [6.07, 6.45) is -1.44. The second-order valence-corrected chi connectivity index (χ2v) is 2.04. The molecule has 0 aliphatic carbocycles. The summed E-state index contributed by atoms with van der Waals surface area (Å²) < 4.78 is 0. The summed E-state index contributed by atoms with van der Waals surface area (Å²) in [7, 11) is 0. The first-order valence-corrected chi connectivity index (χ1v) is 2.75. The SMILES string of the molecule is CC(N)C(O)C(N)NN. The molecule has 0 aromatic heterocycles. The molecule has 0 amide bonds. The van der Waals surface area contributed by atoms with Gasteiger partial charge in [0.15, 0.2) is 0 Å². The van der Waals surface area contributed by atoms with E-state index < -0.39 is 12.3 Å². The Labute approximate surface area is 54.2 Å². The molecule has 0 spiro atoms. The molecule has 5 heteroatoms. The standard InChI is InChI=1S/C4H14N4O/c1-2(5)3(9)4(6)8-7/h2-4,8-9H,5-7H2,1H3. The summed E-state index contributed by atoms with van der Waals surface area (Å²) in [6.45, 7) is 1.65. The molecule has 0 saturated carbocycles. The topological polar surface area (TPSA) is 110 Å². The summed E-state index contributed by atoms with van der Waals surface area (Å²) in [5, 5.41) is 9.00. The minimum Gasteiger partial charge on any atom is -0.388 e. The molecule has 0 saturated heterocycles. The molecule has 0 radical (unpaired) electrons. The minimum atomic E-state index is -0.796. The van der Waals surface area contributed by atoms with Crippen molar-refractivity contribution in [2.24, 2.45) is 17.3 Å². The zero-order chi connectivity index (χ0) is 7.44. The van der Waals surface area contributed by atoms with Crippen LogP contribution in [0.1, 0.15) is 6.92 Å². The van der Waals surface area contributed by atoms with Crippen molar-refractivity contribution in [3.63, 3.8) is 0 Å². The third kappa shape index (κ3) is 2.73. The Hall–Kier alpha value is -0.200. The van der Waals surface area contributed by atoms with Crippen molar-refractivity contribution < 1.29 is 5.11 Å². The molecule has 3 unspecified atom stereocenters. The van der Waals surface area contributed by atoms with Crippen LogP contribution >= 0.6 is 0 Å². The minimum absolute atomic E-state index is 0.365. The van der Waals surface area contributed by atoms with Crippen molar-refractivity contribution in [1.82, 2.24) is 5.43 Å². The highest BCUT2D eigenvalue weighted by atomic mass is 16.3. The molecule has 0 rings (SSSR count). The summed E-state index contributed by atoms with van der Waals surface area (Å²) in [5.74, 6) is 4.92. The zero-order valence-corrected chi connectivity index (χ0v) is 5.41. The Balaban J connectivity index is 3.58. The van der Waals surface area contributed by atoms with Gasteiger partial charge in [-0.25, -0.2) is 5.43 Å². The van der Waals surface area contributed by atoms with Gasteiger partial charge in [0.05, 0.1) is 12.3 Å². The highest BCUT2D eigenvalue weighted by Gasteiger charge is 2.16. The maximum Gasteiger partial charge on any atom is 0.0981 e. The molecule has 56 valence electrons. The molecule has 8 N–H and O–H groups in total. The van der Waals surface area contributed by atoms with Gasteiger partial charge < -0.3 is 16.6 Å². The number of aliphatic hydroxyl groups excluding tert-OH is 1. The smallest absolute Gasteiger partial charge is 0.0981 e. The molecular formula is C4H14N4O. The normalized spacial score (nSPS) is 21.0. The zero-order valence-electron chi connectivity index (χ0n) is 5.41. The summed E-state index contributed by atoms with van der Waals surface area (Å²) in [6, 6.07) is -0.365. The molecule has 0 aromatic carbocycles. The van der Waals surface area contributed by atoms with Crippen LogP contribution in [0.3, 0.4) is 0 Å². The van der Waals surface area contributed by atoms with E-state index in [1.54, 1.807) is 6.92 Å². The van der Waals surface area contributed by atoms with Crippen molar-refractivity contribution in [3.8, 4) is 0 Å². The van der Waals surface area contributed by atoms with E-state index >= 15 is 0 Å². The first-order chi connectivity index (χ1) is 4.09. The average molecular weight is 134 g/mol. The van der Waals surface area contributed by atoms with Crippen molar-refractivity contribution in [2.75, 3.05) is 0 Å². The lowest BCUT2D eigenvalue weighted by Crippen LogP contribution is -2.55. The summed E-state index contributed by atoms with van der Waals surface area (Å²) >= 11 is 0. The predicted octanol–water partition coefficient (Wildman–Crippen LogP) is -2.56. The summed E-state index contributed by atoms with van der Waals surface area (Å²) in [5.41, 5.74) is 12.7. The lowest BCUT2D eigenvalue weighted by molar-refractivity contribution is 0.109. The Kier molecular flexibility index (Phi) is 3.67. The highest BCUT2D eigenvalue weighted by molar-refractivity contribution is 4.74. The number of hydrazine groups is 1. The van der Waals surface area contributed by atoms with Gasteiger partial charge in [-0.05, 0) is 6.92 Å². The van der Waals surface area contributed by atoms with Crippen LogP contribution in [-0.4, -0.2) is 23.4 Å². The Morgan fingerprint density at radius 2 is 1.89 bits per heavy atom. The van der Waals surface area contributed by atoms with E-state index in [1.165, 1.54) is 0 Å². The second kappa shape index (κ2) is 3.76. The van der Waals surface area contributed by atoms with Crippen LogP contribution in [0.5, 0.6) is 0 Å². The van der Waals surface area contributed by atoms with E-state index in [1.807, 2.05) is 0 Å². The molecular weight excluding hydrogens is 120 g/mol. The molecule has 5 nitrogen and oxygen atoms in total. The van der Waals surface area contributed by atoms with E-state index in [0.717, 1.165) is 0 Å². The van der Waals surface area contributed by atoms with Gasteiger partial charge in [-0.1, -0.05) is 0 Å². The number of hydrogen-bond donors (Lipinski definition) is 5. The predicted molar refractivity (Wildman–Crippen MR) is 35.0 cm³/mol. The van der Waals surface area contributed by atoms with Crippen LogP contribution < -0.4 is 22.7 Å². The monoisotopic (exact) mass is 134 g/mol. The van der Waals surface area contributed by atoms with Gasteiger partial charge in [0.1, 0.15) is 0 Å². The third-order valence-corrected chi connectivity index (χ3v) is 1.10. The van der Waals surface area contributed by atoms with E-state index in [0.29, 0.717) is 0 Å².